The van der Waals surface area contributed by atoms with Crippen molar-refractivity contribution in [3.05, 3.63) is 12.0 Å². The number of anilines is 1. The first kappa shape index (κ1) is 14.5. The fraction of sp³-hybridized carbons (Fsp3) is 0.667. The van der Waals surface area contributed by atoms with E-state index in [2.05, 4.69) is 35.4 Å². The van der Waals surface area contributed by atoms with Crippen molar-refractivity contribution >= 4 is 11.8 Å². The Kier molecular flexibility index (Phi) is 5.15. The summed E-state index contributed by atoms with van der Waals surface area (Å²) in [6, 6.07) is 0.163. The maximum Gasteiger partial charge on any atom is 0.360 e. The van der Waals surface area contributed by atoms with Gasteiger partial charge in [-0.25, -0.2) is 9.78 Å². The van der Waals surface area contributed by atoms with E-state index in [4.69, 9.17) is 5.73 Å². The second kappa shape index (κ2) is 6.39. The molecule has 1 unspecified atom stereocenters. The molecule has 0 saturated heterocycles. The number of hydrogen-bond donors (Lipinski definition) is 1. The minimum atomic E-state index is -0.499. The topological polar surface area (TPSA) is 73.4 Å². The molecule has 0 amide bonds. The van der Waals surface area contributed by atoms with E-state index in [-0.39, 0.29) is 11.7 Å². The SMILES string of the molecule is CCN(CC)CC(C)n1cnc(C(=O)OC)c1N. The minimum absolute atomic E-state index is 0.163. The first-order valence-corrected chi connectivity index (χ1v) is 6.18. The molecular weight excluding hydrogens is 232 g/mol. The summed E-state index contributed by atoms with van der Waals surface area (Å²) in [5.41, 5.74) is 6.10. The predicted molar refractivity (Wildman–Crippen MR) is 70.5 cm³/mol. The third kappa shape index (κ3) is 3.01. The third-order valence-electron chi connectivity index (χ3n) is 3.10. The lowest BCUT2D eigenvalue weighted by atomic mass is 10.3. The molecule has 0 bridgehead atoms. The van der Waals surface area contributed by atoms with Crippen LogP contribution in [0, 0.1) is 0 Å². The monoisotopic (exact) mass is 254 g/mol. The number of imidazole rings is 1. The molecule has 0 fully saturated rings. The molecule has 6 nitrogen and oxygen atoms in total. The minimum Gasteiger partial charge on any atom is -0.464 e. The van der Waals surface area contributed by atoms with Crippen molar-refractivity contribution in [3.63, 3.8) is 0 Å². The van der Waals surface area contributed by atoms with Gasteiger partial charge >= 0.3 is 5.97 Å². The second-order valence-electron chi connectivity index (χ2n) is 4.21. The largest absolute Gasteiger partial charge is 0.464 e. The van der Waals surface area contributed by atoms with Crippen molar-refractivity contribution in [1.29, 1.82) is 0 Å². The number of nitrogen functional groups attached to an aromatic ring is 1. The number of rotatable bonds is 6. The Morgan fingerprint density at radius 1 is 1.56 bits per heavy atom. The van der Waals surface area contributed by atoms with E-state index in [9.17, 15) is 4.79 Å². The molecule has 1 rings (SSSR count). The number of carbonyl (C=O) groups excluding carboxylic acids is 1. The fourth-order valence-corrected chi connectivity index (χ4v) is 1.92. The first-order chi connectivity index (χ1) is 8.54. The van der Waals surface area contributed by atoms with Gasteiger partial charge in [0, 0.05) is 12.6 Å². The number of hydrogen-bond acceptors (Lipinski definition) is 5. The summed E-state index contributed by atoms with van der Waals surface area (Å²) < 4.78 is 6.44. The number of carbonyl (C=O) groups is 1. The smallest absolute Gasteiger partial charge is 0.360 e. The average Bonchev–Trinajstić information content (AvgIpc) is 2.76. The van der Waals surface area contributed by atoms with Crippen LogP contribution in [0.25, 0.3) is 0 Å². The van der Waals surface area contributed by atoms with Gasteiger partial charge in [0.25, 0.3) is 0 Å². The molecule has 1 heterocycles. The van der Waals surface area contributed by atoms with Gasteiger partial charge < -0.3 is 19.9 Å². The van der Waals surface area contributed by atoms with Gasteiger partial charge in [0.15, 0.2) is 5.69 Å². The second-order valence-corrected chi connectivity index (χ2v) is 4.21. The molecule has 0 aliphatic rings. The molecule has 6 heteroatoms. The van der Waals surface area contributed by atoms with E-state index >= 15 is 0 Å². The van der Waals surface area contributed by atoms with Crippen LogP contribution < -0.4 is 5.73 Å². The average molecular weight is 254 g/mol. The highest BCUT2D eigenvalue weighted by Crippen LogP contribution is 2.18. The molecule has 1 aromatic heterocycles. The number of methoxy groups -OCH3 is 1. The molecule has 0 saturated carbocycles. The maximum atomic E-state index is 11.4. The standard InChI is InChI=1S/C12H22N4O2/c1-5-15(6-2)7-9(3)16-8-14-10(11(16)13)12(17)18-4/h8-9H,5-7,13H2,1-4H3. The summed E-state index contributed by atoms with van der Waals surface area (Å²) in [4.78, 5) is 17.7. The first-order valence-electron chi connectivity index (χ1n) is 6.18. The van der Waals surface area contributed by atoms with Crippen molar-refractivity contribution < 1.29 is 9.53 Å². The van der Waals surface area contributed by atoms with Gasteiger partial charge in [0.05, 0.1) is 13.4 Å². The van der Waals surface area contributed by atoms with Crippen LogP contribution in [0.3, 0.4) is 0 Å². The van der Waals surface area contributed by atoms with Gasteiger partial charge in [-0.2, -0.15) is 0 Å². The molecule has 102 valence electrons. The number of esters is 1. The van der Waals surface area contributed by atoms with E-state index < -0.39 is 5.97 Å². The van der Waals surface area contributed by atoms with Crippen LogP contribution in [-0.4, -0.2) is 47.2 Å². The highest BCUT2D eigenvalue weighted by atomic mass is 16.5. The highest BCUT2D eigenvalue weighted by molar-refractivity contribution is 5.92. The fourth-order valence-electron chi connectivity index (χ4n) is 1.92. The molecular formula is C12H22N4O2. The van der Waals surface area contributed by atoms with Crippen molar-refractivity contribution in [2.75, 3.05) is 32.5 Å². The van der Waals surface area contributed by atoms with Crippen molar-refractivity contribution in [2.45, 2.75) is 26.8 Å². The third-order valence-corrected chi connectivity index (χ3v) is 3.10. The maximum absolute atomic E-state index is 11.4. The Balaban J connectivity index is 2.84. The molecule has 0 aliphatic heterocycles. The van der Waals surface area contributed by atoms with Crippen molar-refractivity contribution in [1.82, 2.24) is 14.5 Å². The van der Waals surface area contributed by atoms with Crippen molar-refractivity contribution in [3.8, 4) is 0 Å². The Labute approximate surface area is 108 Å². The van der Waals surface area contributed by atoms with Crippen LogP contribution in [0.1, 0.15) is 37.3 Å². The quantitative estimate of drug-likeness (QED) is 0.771. The summed E-state index contributed by atoms with van der Waals surface area (Å²) in [5.74, 6) is -0.136. The van der Waals surface area contributed by atoms with Gasteiger partial charge in [-0.05, 0) is 20.0 Å². The van der Waals surface area contributed by atoms with Crippen LogP contribution in [0.4, 0.5) is 5.82 Å². The van der Waals surface area contributed by atoms with Gasteiger partial charge in [0.1, 0.15) is 5.82 Å². The predicted octanol–water partition coefficient (Wildman–Crippen LogP) is 1.15. The number of ether oxygens (including phenoxy) is 1. The zero-order chi connectivity index (χ0) is 13.7. The zero-order valence-electron chi connectivity index (χ0n) is 11.5. The van der Waals surface area contributed by atoms with E-state index in [0.717, 1.165) is 19.6 Å². The number of nitrogens with two attached hydrogens (primary N) is 1. The summed E-state index contributed by atoms with van der Waals surface area (Å²) in [6.45, 7) is 9.13. The number of aromatic nitrogens is 2. The lowest BCUT2D eigenvalue weighted by Gasteiger charge is -2.24. The van der Waals surface area contributed by atoms with Crippen LogP contribution in [0.5, 0.6) is 0 Å². The van der Waals surface area contributed by atoms with Gasteiger partial charge in [0.2, 0.25) is 0 Å². The summed E-state index contributed by atoms with van der Waals surface area (Å²) in [7, 11) is 1.32. The zero-order valence-corrected chi connectivity index (χ0v) is 11.5. The van der Waals surface area contributed by atoms with E-state index in [0.29, 0.717) is 5.82 Å². The molecule has 0 radical (unpaired) electrons. The molecule has 0 aromatic carbocycles. The summed E-state index contributed by atoms with van der Waals surface area (Å²) >= 11 is 0. The van der Waals surface area contributed by atoms with Gasteiger partial charge in [-0.1, -0.05) is 13.8 Å². The Morgan fingerprint density at radius 3 is 2.67 bits per heavy atom. The Hall–Kier alpha value is -1.56. The van der Waals surface area contributed by atoms with Crippen LogP contribution in [0.2, 0.25) is 0 Å². The number of likely N-dealkylation sites (N-methyl/N-ethyl adjacent to an activating group) is 1. The molecule has 0 spiro atoms. The Bertz CT molecular complexity index is 399. The molecule has 2 N–H and O–H groups in total. The Morgan fingerprint density at radius 2 is 2.17 bits per heavy atom. The van der Waals surface area contributed by atoms with Gasteiger partial charge in [-0.15, -0.1) is 0 Å². The highest BCUT2D eigenvalue weighted by Gasteiger charge is 2.19. The molecule has 0 aliphatic carbocycles. The van der Waals surface area contributed by atoms with Crippen LogP contribution >= 0.6 is 0 Å². The van der Waals surface area contributed by atoms with E-state index in [1.165, 1.54) is 7.11 Å². The lowest BCUT2D eigenvalue weighted by Crippen LogP contribution is -2.29. The van der Waals surface area contributed by atoms with Crippen LogP contribution in [-0.2, 0) is 4.74 Å². The number of nitrogens with zero attached hydrogens (tertiary/aromatic N) is 3. The summed E-state index contributed by atoms with van der Waals surface area (Å²) in [5, 5.41) is 0. The molecule has 1 atom stereocenters. The van der Waals surface area contributed by atoms with Crippen LogP contribution in [0.15, 0.2) is 6.33 Å². The van der Waals surface area contributed by atoms with E-state index in [1.54, 1.807) is 6.33 Å². The van der Waals surface area contributed by atoms with E-state index in [1.807, 2.05) is 4.57 Å². The van der Waals surface area contributed by atoms with Crippen molar-refractivity contribution in [2.24, 2.45) is 0 Å². The molecule has 18 heavy (non-hydrogen) atoms. The van der Waals surface area contributed by atoms with Gasteiger partial charge in [-0.3, -0.25) is 0 Å². The molecule has 1 aromatic rings. The normalized spacial score (nSPS) is 12.7. The lowest BCUT2D eigenvalue weighted by molar-refractivity contribution is 0.0596. The summed E-state index contributed by atoms with van der Waals surface area (Å²) in [6.07, 6.45) is 1.59.